The molecular formula is C9H18O2. The van der Waals surface area contributed by atoms with Gasteiger partial charge in [-0.25, -0.2) is 0 Å². The molecule has 0 radical (unpaired) electrons. The van der Waals surface area contributed by atoms with Gasteiger partial charge in [0, 0.05) is 0 Å². The van der Waals surface area contributed by atoms with Crippen molar-refractivity contribution in [1.29, 1.82) is 0 Å². The lowest BCUT2D eigenvalue weighted by atomic mass is 9.91. The van der Waals surface area contributed by atoms with E-state index in [4.69, 9.17) is 4.74 Å². The van der Waals surface area contributed by atoms with Crippen LogP contribution in [0.15, 0.2) is 0 Å². The van der Waals surface area contributed by atoms with Crippen LogP contribution in [0, 0.1) is 5.41 Å². The van der Waals surface area contributed by atoms with E-state index in [0.717, 1.165) is 12.8 Å². The summed E-state index contributed by atoms with van der Waals surface area (Å²) in [5.74, 6) is -0.0816. The minimum Gasteiger partial charge on any atom is -0.465 e. The van der Waals surface area contributed by atoms with E-state index >= 15 is 0 Å². The molecule has 0 saturated carbocycles. The number of rotatable bonds is 4. The molecule has 0 fully saturated rings. The van der Waals surface area contributed by atoms with E-state index in [-0.39, 0.29) is 11.4 Å². The summed E-state index contributed by atoms with van der Waals surface area (Å²) in [6.07, 6.45) is 1.72. The van der Waals surface area contributed by atoms with Crippen molar-refractivity contribution >= 4 is 5.97 Å². The van der Waals surface area contributed by atoms with E-state index < -0.39 is 0 Å². The normalized spacial score (nSPS) is 11.3. The highest BCUT2D eigenvalue weighted by molar-refractivity contribution is 5.75. The maximum atomic E-state index is 11.2. The smallest absolute Gasteiger partial charge is 0.311 e. The molecule has 0 saturated heterocycles. The molecular weight excluding hydrogens is 140 g/mol. The Morgan fingerprint density at radius 2 is 1.91 bits per heavy atom. The molecule has 0 spiro atoms. The molecule has 0 atom stereocenters. The van der Waals surface area contributed by atoms with Crippen LogP contribution < -0.4 is 0 Å². The maximum absolute atomic E-state index is 11.2. The van der Waals surface area contributed by atoms with Gasteiger partial charge in [0.1, 0.15) is 0 Å². The zero-order valence-corrected chi connectivity index (χ0v) is 7.94. The Morgan fingerprint density at radius 1 is 1.36 bits per heavy atom. The van der Waals surface area contributed by atoms with Crippen LogP contribution in [0.2, 0.25) is 0 Å². The second kappa shape index (κ2) is 4.37. The number of hydrogen-bond acceptors (Lipinski definition) is 2. The van der Waals surface area contributed by atoms with E-state index in [1.165, 1.54) is 0 Å². The zero-order valence-electron chi connectivity index (χ0n) is 7.94. The fourth-order valence-corrected chi connectivity index (χ4v) is 0.534. The summed E-state index contributed by atoms with van der Waals surface area (Å²) in [5.41, 5.74) is -0.310. The predicted octanol–water partition coefficient (Wildman–Crippen LogP) is 2.38. The van der Waals surface area contributed by atoms with Gasteiger partial charge < -0.3 is 4.74 Å². The minimum atomic E-state index is -0.310. The second-order valence-electron chi connectivity index (χ2n) is 3.37. The Morgan fingerprint density at radius 3 is 2.27 bits per heavy atom. The summed E-state index contributed by atoms with van der Waals surface area (Å²) >= 11 is 0. The molecule has 0 aliphatic rings. The Balaban J connectivity index is 3.82. The van der Waals surface area contributed by atoms with E-state index in [1.807, 2.05) is 27.7 Å². The summed E-state index contributed by atoms with van der Waals surface area (Å²) in [4.78, 5) is 11.2. The molecule has 0 bridgehead atoms. The van der Waals surface area contributed by atoms with E-state index in [9.17, 15) is 4.79 Å². The van der Waals surface area contributed by atoms with Crippen molar-refractivity contribution < 1.29 is 9.53 Å². The lowest BCUT2D eigenvalue weighted by Gasteiger charge is -2.19. The number of hydrogen-bond donors (Lipinski definition) is 0. The molecule has 0 amide bonds. The molecule has 0 aromatic heterocycles. The molecule has 2 nitrogen and oxygen atoms in total. The summed E-state index contributed by atoms with van der Waals surface area (Å²) < 4.78 is 5.01. The van der Waals surface area contributed by atoms with Gasteiger partial charge in [-0.2, -0.15) is 0 Å². The molecule has 0 aromatic carbocycles. The third kappa shape index (κ3) is 3.40. The van der Waals surface area contributed by atoms with Gasteiger partial charge >= 0.3 is 5.97 Å². The molecule has 0 aromatic rings. The van der Waals surface area contributed by atoms with Crippen LogP contribution in [0.5, 0.6) is 0 Å². The zero-order chi connectivity index (χ0) is 8.91. The number of ether oxygens (including phenoxy) is 1. The molecule has 0 unspecified atom stereocenters. The van der Waals surface area contributed by atoms with Crippen molar-refractivity contribution in [1.82, 2.24) is 0 Å². The van der Waals surface area contributed by atoms with E-state index in [2.05, 4.69) is 0 Å². The molecule has 0 heterocycles. The number of esters is 1. The summed E-state index contributed by atoms with van der Waals surface area (Å²) in [6.45, 7) is 8.34. The summed E-state index contributed by atoms with van der Waals surface area (Å²) in [6, 6.07) is 0. The van der Waals surface area contributed by atoms with Gasteiger partial charge in [0.15, 0.2) is 0 Å². The van der Waals surface area contributed by atoms with Crippen molar-refractivity contribution in [2.24, 2.45) is 5.41 Å². The Bertz CT molecular complexity index is 128. The van der Waals surface area contributed by atoms with Gasteiger partial charge in [-0.3, -0.25) is 4.79 Å². The van der Waals surface area contributed by atoms with Crippen LogP contribution in [0.4, 0.5) is 0 Å². The maximum Gasteiger partial charge on any atom is 0.311 e. The lowest BCUT2D eigenvalue weighted by molar-refractivity contribution is -0.154. The third-order valence-electron chi connectivity index (χ3n) is 1.87. The molecule has 0 aliphatic carbocycles. The first-order chi connectivity index (χ1) is 5.04. The first kappa shape index (κ1) is 10.5. The highest BCUT2D eigenvalue weighted by Crippen LogP contribution is 2.21. The summed E-state index contributed by atoms with van der Waals surface area (Å²) in [7, 11) is 0. The van der Waals surface area contributed by atoms with Crippen molar-refractivity contribution in [3.8, 4) is 0 Å². The molecule has 0 aliphatic heterocycles. The quantitative estimate of drug-likeness (QED) is 0.587. The average Bonchev–Trinajstić information content (AvgIpc) is 2.00. The van der Waals surface area contributed by atoms with Gasteiger partial charge in [0.2, 0.25) is 0 Å². The Hall–Kier alpha value is -0.530. The van der Waals surface area contributed by atoms with Crippen molar-refractivity contribution in [3.05, 3.63) is 0 Å². The van der Waals surface area contributed by atoms with E-state index in [0.29, 0.717) is 6.61 Å². The summed E-state index contributed by atoms with van der Waals surface area (Å²) in [5, 5.41) is 0. The van der Waals surface area contributed by atoms with Crippen molar-refractivity contribution in [3.63, 3.8) is 0 Å². The van der Waals surface area contributed by atoms with Gasteiger partial charge in [-0.15, -0.1) is 0 Å². The second-order valence-corrected chi connectivity index (χ2v) is 3.37. The van der Waals surface area contributed by atoms with Crippen LogP contribution >= 0.6 is 0 Å². The Kier molecular flexibility index (Phi) is 4.16. The van der Waals surface area contributed by atoms with Gasteiger partial charge in [-0.1, -0.05) is 13.8 Å². The average molecular weight is 158 g/mol. The van der Waals surface area contributed by atoms with Gasteiger partial charge in [0.05, 0.1) is 12.0 Å². The standard InChI is InChI=1S/C9H18O2/c1-5-7-11-8(10)9(3,4)6-2/h5-7H2,1-4H3. The highest BCUT2D eigenvalue weighted by Gasteiger charge is 2.26. The number of carbonyl (C=O) groups is 1. The lowest BCUT2D eigenvalue weighted by Crippen LogP contribution is -2.25. The first-order valence-corrected chi connectivity index (χ1v) is 4.21. The largest absolute Gasteiger partial charge is 0.465 e. The molecule has 0 N–H and O–H groups in total. The van der Waals surface area contributed by atoms with Crippen LogP contribution in [0.3, 0.4) is 0 Å². The Labute approximate surface area is 68.9 Å². The van der Waals surface area contributed by atoms with E-state index in [1.54, 1.807) is 0 Å². The van der Waals surface area contributed by atoms with Crippen molar-refractivity contribution in [2.75, 3.05) is 6.61 Å². The SMILES string of the molecule is CCCOC(=O)C(C)(C)CC. The minimum absolute atomic E-state index is 0.0816. The topological polar surface area (TPSA) is 26.3 Å². The molecule has 2 heteroatoms. The predicted molar refractivity (Wildman–Crippen MR) is 45.3 cm³/mol. The monoisotopic (exact) mass is 158 g/mol. The molecule has 0 rings (SSSR count). The fraction of sp³-hybridized carbons (Fsp3) is 0.889. The van der Waals surface area contributed by atoms with Crippen LogP contribution in [0.1, 0.15) is 40.5 Å². The van der Waals surface area contributed by atoms with Gasteiger partial charge in [0.25, 0.3) is 0 Å². The molecule has 11 heavy (non-hydrogen) atoms. The molecule has 66 valence electrons. The van der Waals surface area contributed by atoms with Crippen molar-refractivity contribution in [2.45, 2.75) is 40.5 Å². The van der Waals surface area contributed by atoms with Crippen LogP contribution in [0.25, 0.3) is 0 Å². The third-order valence-corrected chi connectivity index (χ3v) is 1.87. The number of carbonyl (C=O) groups excluding carboxylic acids is 1. The van der Waals surface area contributed by atoms with Gasteiger partial charge in [-0.05, 0) is 26.7 Å². The van der Waals surface area contributed by atoms with Crippen LogP contribution in [-0.2, 0) is 9.53 Å². The highest BCUT2D eigenvalue weighted by atomic mass is 16.5. The van der Waals surface area contributed by atoms with Crippen LogP contribution in [-0.4, -0.2) is 12.6 Å². The fourth-order valence-electron chi connectivity index (χ4n) is 0.534. The first-order valence-electron chi connectivity index (χ1n) is 4.21.